The Balaban J connectivity index is 1.67. The number of aliphatic carboxylic acids is 1. The van der Waals surface area contributed by atoms with E-state index in [2.05, 4.69) is 4.98 Å². The van der Waals surface area contributed by atoms with E-state index in [0.717, 1.165) is 16.1 Å². The quantitative estimate of drug-likeness (QED) is 0.371. The first-order valence-corrected chi connectivity index (χ1v) is 13.4. The van der Waals surface area contributed by atoms with Crippen molar-refractivity contribution < 1.29 is 23.1 Å². The summed E-state index contributed by atoms with van der Waals surface area (Å²) >= 11 is 1.23. The van der Waals surface area contributed by atoms with Gasteiger partial charge in [0.15, 0.2) is 5.60 Å². The Morgan fingerprint density at radius 2 is 1.91 bits per heavy atom. The molecule has 0 radical (unpaired) electrons. The van der Waals surface area contributed by atoms with Crippen molar-refractivity contribution in [1.82, 2.24) is 9.29 Å². The lowest BCUT2D eigenvalue weighted by atomic mass is 10.1. The Morgan fingerprint density at radius 3 is 2.59 bits per heavy atom. The Kier molecular flexibility index (Phi) is 8.46. The maximum atomic E-state index is 13.3. The lowest BCUT2D eigenvalue weighted by Crippen LogP contribution is -2.37. The molecule has 1 N–H and O–H groups in total. The zero-order valence-corrected chi connectivity index (χ0v) is 21.2. The minimum atomic E-state index is -3.61. The molecule has 2 heterocycles. The summed E-state index contributed by atoms with van der Waals surface area (Å²) in [6.45, 7) is 5.79. The van der Waals surface area contributed by atoms with Crippen molar-refractivity contribution in [3.63, 3.8) is 0 Å². The van der Waals surface area contributed by atoms with Gasteiger partial charge in [-0.3, -0.25) is 4.98 Å². The van der Waals surface area contributed by atoms with E-state index in [4.69, 9.17) is 4.74 Å². The predicted molar refractivity (Wildman–Crippen MR) is 134 cm³/mol. The van der Waals surface area contributed by atoms with Gasteiger partial charge in [-0.1, -0.05) is 25.1 Å². The number of ether oxygens (including phenoxy) is 1. The molecule has 0 saturated carbocycles. The highest BCUT2D eigenvalue weighted by Gasteiger charge is 2.29. The van der Waals surface area contributed by atoms with Gasteiger partial charge < -0.3 is 9.84 Å². The number of hydrogen-bond acceptors (Lipinski definition) is 6. The first-order chi connectivity index (χ1) is 16.1. The Hall–Kier alpha value is -2.75. The highest BCUT2D eigenvalue weighted by Crippen LogP contribution is 2.31. The molecule has 0 aliphatic carbocycles. The third kappa shape index (κ3) is 6.43. The number of thiophene rings is 1. The number of sulfonamides is 1. The maximum absolute atomic E-state index is 13.3. The molecular formula is C25H30N2O5S2. The van der Waals surface area contributed by atoms with Crippen molar-refractivity contribution in [3.05, 3.63) is 66.4 Å². The van der Waals surface area contributed by atoms with E-state index in [1.807, 2.05) is 43.3 Å². The number of rotatable bonds is 12. The van der Waals surface area contributed by atoms with E-state index in [0.29, 0.717) is 42.3 Å². The molecule has 34 heavy (non-hydrogen) atoms. The second kappa shape index (κ2) is 11.1. The number of hydrogen-bond donors (Lipinski definition) is 1. The van der Waals surface area contributed by atoms with Crippen LogP contribution in [0.1, 0.15) is 39.2 Å². The van der Waals surface area contributed by atoms with Crippen LogP contribution in [0.4, 0.5) is 0 Å². The molecule has 0 atom stereocenters. The third-order valence-corrected chi connectivity index (χ3v) is 8.70. The van der Waals surface area contributed by atoms with E-state index in [9.17, 15) is 18.3 Å². The van der Waals surface area contributed by atoms with Gasteiger partial charge in [-0.05, 0) is 75.1 Å². The van der Waals surface area contributed by atoms with E-state index < -0.39 is 21.6 Å². The van der Waals surface area contributed by atoms with E-state index >= 15 is 0 Å². The molecule has 7 nitrogen and oxygen atoms in total. The maximum Gasteiger partial charge on any atom is 0.347 e. The van der Waals surface area contributed by atoms with Crippen LogP contribution in [0.2, 0.25) is 0 Å². The Morgan fingerprint density at radius 1 is 1.12 bits per heavy atom. The SMILES string of the molecule is CCCN(CCCc1cccc(OC(C)(C)C(=O)O)c1)S(=O)(=O)c1ccc(-c2ccccn2)s1. The molecule has 0 saturated heterocycles. The van der Waals surface area contributed by atoms with Gasteiger partial charge in [0.05, 0.1) is 10.6 Å². The van der Waals surface area contributed by atoms with Crippen molar-refractivity contribution >= 4 is 27.3 Å². The number of nitrogens with zero attached hydrogens (tertiary/aromatic N) is 2. The lowest BCUT2D eigenvalue weighted by molar-refractivity contribution is -0.152. The van der Waals surface area contributed by atoms with Gasteiger partial charge in [0.2, 0.25) is 0 Å². The summed E-state index contributed by atoms with van der Waals surface area (Å²) < 4.78 is 34.1. The van der Waals surface area contributed by atoms with Crippen LogP contribution >= 0.6 is 11.3 Å². The molecule has 182 valence electrons. The van der Waals surface area contributed by atoms with Crippen LogP contribution in [0.25, 0.3) is 10.6 Å². The van der Waals surface area contributed by atoms with Crippen molar-refractivity contribution in [2.75, 3.05) is 13.1 Å². The molecule has 0 spiro atoms. The van der Waals surface area contributed by atoms with Crippen LogP contribution < -0.4 is 4.74 Å². The fourth-order valence-corrected chi connectivity index (χ4v) is 6.40. The van der Waals surface area contributed by atoms with Crippen LogP contribution in [0.3, 0.4) is 0 Å². The summed E-state index contributed by atoms with van der Waals surface area (Å²) in [5.41, 5.74) is 0.379. The topological polar surface area (TPSA) is 96.8 Å². The average molecular weight is 503 g/mol. The number of benzene rings is 1. The largest absolute Gasteiger partial charge is 0.478 e. The smallest absolute Gasteiger partial charge is 0.347 e. The van der Waals surface area contributed by atoms with E-state index in [-0.39, 0.29) is 0 Å². The molecule has 0 aliphatic rings. The fraction of sp³-hybridized carbons (Fsp3) is 0.360. The molecule has 0 bridgehead atoms. The zero-order valence-electron chi connectivity index (χ0n) is 19.6. The molecule has 1 aromatic carbocycles. The molecule has 9 heteroatoms. The minimum absolute atomic E-state index is 0.313. The highest BCUT2D eigenvalue weighted by atomic mass is 32.2. The van der Waals surface area contributed by atoms with Gasteiger partial charge in [-0.2, -0.15) is 4.31 Å². The Labute approximate surface area is 205 Å². The number of carbonyl (C=O) groups is 1. The van der Waals surface area contributed by atoms with Crippen molar-refractivity contribution in [1.29, 1.82) is 0 Å². The number of aromatic nitrogens is 1. The third-order valence-electron chi connectivity index (χ3n) is 5.23. The van der Waals surface area contributed by atoms with Gasteiger partial charge in [0.25, 0.3) is 10.0 Å². The summed E-state index contributed by atoms with van der Waals surface area (Å²) in [5, 5.41) is 9.27. The van der Waals surface area contributed by atoms with Crippen molar-refractivity contribution in [2.24, 2.45) is 0 Å². The average Bonchev–Trinajstić information content (AvgIpc) is 3.30. The summed E-state index contributed by atoms with van der Waals surface area (Å²) in [6, 6.07) is 16.3. The number of aryl methyl sites for hydroxylation is 1. The molecule has 0 amide bonds. The number of carboxylic acid groups (broad SMARTS) is 1. The van der Waals surface area contributed by atoms with Crippen LogP contribution in [0.5, 0.6) is 5.75 Å². The van der Waals surface area contributed by atoms with E-state index in [1.54, 1.807) is 24.4 Å². The number of pyridine rings is 1. The van der Waals surface area contributed by atoms with Crippen LogP contribution in [-0.4, -0.2) is 47.5 Å². The monoisotopic (exact) mass is 502 g/mol. The lowest BCUT2D eigenvalue weighted by Gasteiger charge is -2.22. The van der Waals surface area contributed by atoms with Crippen LogP contribution in [0, 0.1) is 0 Å². The first-order valence-electron chi connectivity index (χ1n) is 11.2. The van der Waals surface area contributed by atoms with Crippen molar-refractivity contribution in [3.8, 4) is 16.3 Å². The van der Waals surface area contributed by atoms with Gasteiger partial charge >= 0.3 is 5.97 Å². The molecule has 2 aromatic heterocycles. The number of carboxylic acids is 1. The summed E-state index contributed by atoms with van der Waals surface area (Å²) in [7, 11) is -3.61. The Bertz CT molecular complexity index is 1210. The van der Waals surface area contributed by atoms with Crippen molar-refractivity contribution in [2.45, 2.75) is 49.8 Å². The van der Waals surface area contributed by atoms with Crippen LogP contribution in [0.15, 0.2) is 65.0 Å². The second-order valence-corrected chi connectivity index (χ2v) is 11.7. The molecular weight excluding hydrogens is 472 g/mol. The molecule has 3 aromatic rings. The molecule has 3 rings (SSSR count). The second-order valence-electron chi connectivity index (χ2n) is 8.41. The summed E-state index contributed by atoms with van der Waals surface area (Å²) in [5.74, 6) is -0.568. The van der Waals surface area contributed by atoms with Gasteiger partial charge in [-0.15, -0.1) is 11.3 Å². The summed E-state index contributed by atoms with van der Waals surface area (Å²) in [6.07, 6.45) is 3.67. The minimum Gasteiger partial charge on any atom is -0.478 e. The molecule has 0 fully saturated rings. The standard InChI is InChI=1S/C25H30N2O5S2/c1-4-16-27(34(30,31)23-14-13-22(33-23)21-12-5-6-15-26-21)17-8-10-19-9-7-11-20(18-19)32-25(2,3)24(28)29/h5-7,9,11-15,18H,4,8,10,16-17H2,1-3H3,(H,28,29). The normalized spacial score (nSPS) is 12.1. The predicted octanol–water partition coefficient (Wildman–Crippen LogP) is 5.09. The fourth-order valence-electron chi connectivity index (χ4n) is 3.40. The first kappa shape index (κ1) is 25.9. The highest BCUT2D eigenvalue weighted by molar-refractivity contribution is 7.91. The van der Waals surface area contributed by atoms with E-state index in [1.165, 1.54) is 29.5 Å². The van der Waals surface area contributed by atoms with Crippen LogP contribution in [-0.2, 0) is 21.2 Å². The molecule has 0 unspecified atom stereocenters. The van der Waals surface area contributed by atoms with Gasteiger partial charge in [0.1, 0.15) is 9.96 Å². The summed E-state index contributed by atoms with van der Waals surface area (Å²) in [4.78, 5) is 16.4. The van der Waals surface area contributed by atoms with Gasteiger partial charge in [-0.25, -0.2) is 13.2 Å². The zero-order chi connectivity index (χ0) is 24.8. The van der Waals surface area contributed by atoms with Gasteiger partial charge in [0, 0.05) is 19.3 Å². The molecule has 0 aliphatic heterocycles.